The van der Waals surface area contributed by atoms with Gasteiger partial charge in [-0.05, 0) is 13.8 Å². The Morgan fingerprint density at radius 2 is 2.11 bits per heavy atom. The summed E-state index contributed by atoms with van der Waals surface area (Å²) in [7, 11) is 0. The van der Waals surface area contributed by atoms with E-state index < -0.39 is 0 Å². The molecule has 0 aliphatic carbocycles. The zero-order chi connectivity index (χ0) is 14.4. The van der Waals surface area contributed by atoms with Crippen LogP contribution in [0.1, 0.15) is 24.1 Å². The highest BCUT2D eigenvalue weighted by molar-refractivity contribution is 5.91. The lowest BCUT2D eigenvalue weighted by molar-refractivity contribution is -0.117. The van der Waals surface area contributed by atoms with Gasteiger partial charge in [0.1, 0.15) is 5.82 Å². The van der Waals surface area contributed by atoms with Crippen molar-refractivity contribution in [2.45, 2.75) is 33.4 Å². The summed E-state index contributed by atoms with van der Waals surface area (Å²) in [5.74, 6) is 0.761. The first-order valence-corrected chi connectivity index (χ1v) is 6.21. The highest BCUT2D eigenvalue weighted by atomic mass is 16.1. The second kappa shape index (κ2) is 6.73. The molecule has 1 aromatic heterocycles. The van der Waals surface area contributed by atoms with Crippen LogP contribution in [-0.2, 0) is 24.3 Å². The minimum Gasteiger partial charge on any atom is -0.347 e. The first kappa shape index (κ1) is 15.0. The molecule has 0 aliphatic rings. The van der Waals surface area contributed by atoms with Crippen molar-refractivity contribution in [1.29, 1.82) is 0 Å². The van der Waals surface area contributed by atoms with E-state index in [1.807, 2.05) is 19.1 Å². The van der Waals surface area contributed by atoms with E-state index in [0.717, 1.165) is 17.2 Å². The second-order valence-electron chi connectivity index (χ2n) is 4.41. The third-order valence-electron chi connectivity index (χ3n) is 2.80. The van der Waals surface area contributed by atoms with E-state index in [0.29, 0.717) is 25.1 Å². The van der Waals surface area contributed by atoms with Gasteiger partial charge in [-0.15, -0.1) is 13.2 Å². The van der Waals surface area contributed by atoms with E-state index in [1.165, 1.54) is 0 Å². The lowest BCUT2D eigenvalue weighted by Crippen LogP contribution is -2.24. The molecule has 1 N–H and O–H groups in total. The van der Waals surface area contributed by atoms with Gasteiger partial charge in [-0.25, -0.2) is 4.98 Å². The first-order valence-electron chi connectivity index (χ1n) is 6.21. The summed E-state index contributed by atoms with van der Waals surface area (Å²) in [5, 5.41) is 2.81. The number of amides is 1. The molecule has 1 aromatic rings. The standard InChI is InChI=1S/C15H21N3O/c1-6-8-14-13(10-16-15(19)11(3)4)17-12(5)18(14)9-7-2/h6-7H,1-3,8-10H2,4-5H3,(H,16,19). The van der Waals surface area contributed by atoms with Crippen molar-refractivity contribution >= 4 is 5.91 Å². The summed E-state index contributed by atoms with van der Waals surface area (Å²) < 4.78 is 2.08. The van der Waals surface area contributed by atoms with Gasteiger partial charge in [0.2, 0.25) is 5.91 Å². The second-order valence-corrected chi connectivity index (χ2v) is 4.41. The van der Waals surface area contributed by atoms with Crippen LogP contribution in [0.4, 0.5) is 0 Å². The molecule has 0 aromatic carbocycles. The Bertz CT molecular complexity index is 512. The van der Waals surface area contributed by atoms with Gasteiger partial charge in [-0.2, -0.15) is 0 Å². The van der Waals surface area contributed by atoms with Crippen molar-refractivity contribution in [3.8, 4) is 0 Å². The summed E-state index contributed by atoms with van der Waals surface area (Å²) in [6.07, 6.45) is 4.38. The molecule has 0 aliphatic heterocycles. The normalized spacial score (nSPS) is 10.0. The Morgan fingerprint density at radius 1 is 1.42 bits per heavy atom. The van der Waals surface area contributed by atoms with Crippen LogP contribution in [0.5, 0.6) is 0 Å². The van der Waals surface area contributed by atoms with Crippen LogP contribution < -0.4 is 5.32 Å². The number of carbonyl (C=O) groups is 1. The topological polar surface area (TPSA) is 46.9 Å². The van der Waals surface area contributed by atoms with Crippen molar-refractivity contribution in [1.82, 2.24) is 14.9 Å². The van der Waals surface area contributed by atoms with Gasteiger partial charge in [0.25, 0.3) is 0 Å². The van der Waals surface area contributed by atoms with Crippen LogP contribution in [0.25, 0.3) is 0 Å². The quantitative estimate of drug-likeness (QED) is 0.603. The number of imidazole rings is 1. The predicted octanol–water partition coefficient (Wildman–Crippen LogP) is 2.30. The fourth-order valence-electron chi connectivity index (χ4n) is 1.86. The number of carbonyl (C=O) groups excluding carboxylic acids is 1. The third kappa shape index (κ3) is 3.68. The number of nitrogens with one attached hydrogen (secondary N) is 1. The molecular formula is C15H21N3O. The van der Waals surface area contributed by atoms with Gasteiger partial charge in [0.05, 0.1) is 12.2 Å². The SMILES string of the molecule is C=CCc1c(CNC(=O)C(=C)C)nc(C)n1CC=C. The molecular weight excluding hydrogens is 238 g/mol. The molecule has 1 heterocycles. The van der Waals surface area contributed by atoms with Crippen LogP contribution in [0, 0.1) is 6.92 Å². The molecule has 19 heavy (non-hydrogen) atoms. The zero-order valence-electron chi connectivity index (χ0n) is 11.7. The molecule has 1 amide bonds. The van der Waals surface area contributed by atoms with Gasteiger partial charge in [0.15, 0.2) is 0 Å². The Hall–Kier alpha value is -2.10. The average molecular weight is 259 g/mol. The smallest absolute Gasteiger partial charge is 0.246 e. The Morgan fingerprint density at radius 3 is 2.63 bits per heavy atom. The predicted molar refractivity (Wildman–Crippen MR) is 77.7 cm³/mol. The molecule has 0 saturated carbocycles. The zero-order valence-corrected chi connectivity index (χ0v) is 11.7. The molecule has 0 spiro atoms. The number of nitrogens with zero attached hydrogens (tertiary/aromatic N) is 2. The van der Waals surface area contributed by atoms with Crippen LogP contribution >= 0.6 is 0 Å². The number of aromatic nitrogens is 2. The molecule has 1 rings (SSSR count). The summed E-state index contributed by atoms with van der Waals surface area (Å²) in [5.41, 5.74) is 2.43. The highest BCUT2D eigenvalue weighted by Gasteiger charge is 2.13. The molecule has 102 valence electrons. The fraction of sp³-hybridized carbons (Fsp3) is 0.333. The number of rotatable bonds is 7. The van der Waals surface area contributed by atoms with Gasteiger partial charge >= 0.3 is 0 Å². The fourth-order valence-corrected chi connectivity index (χ4v) is 1.86. The van der Waals surface area contributed by atoms with E-state index >= 15 is 0 Å². The molecule has 4 heteroatoms. The van der Waals surface area contributed by atoms with Crippen molar-refractivity contribution in [3.63, 3.8) is 0 Å². The lowest BCUT2D eigenvalue weighted by Gasteiger charge is -2.08. The number of hydrogen-bond donors (Lipinski definition) is 1. The largest absolute Gasteiger partial charge is 0.347 e. The van der Waals surface area contributed by atoms with E-state index in [2.05, 4.69) is 34.6 Å². The van der Waals surface area contributed by atoms with Crippen LogP contribution in [0.15, 0.2) is 37.5 Å². The lowest BCUT2D eigenvalue weighted by atomic mass is 10.2. The van der Waals surface area contributed by atoms with Crippen LogP contribution in [0.3, 0.4) is 0 Å². The van der Waals surface area contributed by atoms with E-state index in [9.17, 15) is 4.79 Å². The summed E-state index contributed by atoms with van der Waals surface area (Å²) in [6.45, 7) is 15.9. The van der Waals surface area contributed by atoms with Gasteiger partial charge in [-0.1, -0.05) is 18.7 Å². The first-order chi connectivity index (χ1) is 9.01. The number of aryl methyl sites for hydroxylation is 1. The van der Waals surface area contributed by atoms with Crippen molar-refractivity contribution in [2.75, 3.05) is 0 Å². The third-order valence-corrected chi connectivity index (χ3v) is 2.80. The van der Waals surface area contributed by atoms with Gasteiger partial charge in [0, 0.05) is 24.2 Å². The van der Waals surface area contributed by atoms with Crippen molar-refractivity contribution in [2.24, 2.45) is 0 Å². The van der Waals surface area contributed by atoms with E-state index in [-0.39, 0.29) is 5.91 Å². The minimum atomic E-state index is -0.152. The summed E-state index contributed by atoms with van der Waals surface area (Å²) >= 11 is 0. The molecule has 0 radical (unpaired) electrons. The molecule has 0 saturated heterocycles. The Labute approximate surface area is 114 Å². The van der Waals surface area contributed by atoms with Crippen LogP contribution in [0.2, 0.25) is 0 Å². The van der Waals surface area contributed by atoms with Crippen molar-refractivity contribution in [3.05, 3.63) is 54.7 Å². The number of hydrogen-bond acceptors (Lipinski definition) is 2. The van der Waals surface area contributed by atoms with Gasteiger partial charge < -0.3 is 9.88 Å². The van der Waals surface area contributed by atoms with E-state index in [1.54, 1.807) is 6.92 Å². The molecule has 4 nitrogen and oxygen atoms in total. The van der Waals surface area contributed by atoms with E-state index in [4.69, 9.17) is 0 Å². The average Bonchev–Trinajstić information content (AvgIpc) is 2.65. The molecule has 0 fully saturated rings. The number of allylic oxidation sites excluding steroid dienone is 2. The maximum absolute atomic E-state index is 11.5. The summed E-state index contributed by atoms with van der Waals surface area (Å²) in [6, 6.07) is 0. The Balaban J connectivity index is 2.96. The van der Waals surface area contributed by atoms with Crippen LogP contribution in [-0.4, -0.2) is 15.5 Å². The maximum Gasteiger partial charge on any atom is 0.246 e. The monoisotopic (exact) mass is 259 g/mol. The minimum absolute atomic E-state index is 0.152. The van der Waals surface area contributed by atoms with Gasteiger partial charge in [-0.3, -0.25) is 4.79 Å². The molecule has 0 unspecified atom stereocenters. The highest BCUT2D eigenvalue weighted by Crippen LogP contribution is 2.13. The van der Waals surface area contributed by atoms with Crippen molar-refractivity contribution < 1.29 is 4.79 Å². The maximum atomic E-state index is 11.5. The molecule has 0 bridgehead atoms. The molecule has 0 atom stereocenters. The summed E-state index contributed by atoms with van der Waals surface area (Å²) in [4.78, 5) is 16.0. The Kier molecular flexibility index (Phi) is 5.30.